The Morgan fingerprint density at radius 2 is 1.72 bits per heavy atom. The van der Waals surface area contributed by atoms with Gasteiger partial charge in [0.15, 0.2) is 0 Å². The highest BCUT2D eigenvalue weighted by Gasteiger charge is 2.30. The average molecular weight is 439 g/mol. The summed E-state index contributed by atoms with van der Waals surface area (Å²) in [5, 5.41) is 3.06. The molecule has 29 heavy (non-hydrogen) atoms. The molecule has 2 aromatic rings. The predicted octanol–water partition coefficient (Wildman–Crippen LogP) is 3.54. The van der Waals surface area contributed by atoms with Crippen molar-refractivity contribution in [1.29, 1.82) is 0 Å². The standard InChI is InChI=1S/C20H23ClN2O5S/c1-12-6-8-15(20(25)28-4)10-17(12)22-19(24)14(3)23(29(5,26)27)18-11-16(21)9-7-13(18)2/h6-11,14H,1-5H3,(H,22,24)/t14-/m1/s1. The molecule has 0 saturated heterocycles. The maximum absolute atomic E-state index is 12.9. The van der Waals surface area contributed by atoms with Crippen LogP contribution < -0.4 is 9.62 Å². The van der Waals surface area contributed by atoms with Gasteiger partial charge in [0.2, 0.25) is 15.9 Å². The van der Waals surface area contributed by atoms with Crippen molar-refractivity contribution in [3.05, 3.63) is 58.1 Å². The number of hydrogen-bond acceptors (Lipinski definition) is 5. The van der Waals surface area contributed by atoms with Gasteiger partial charge in [0.25, 0.3) is 0 Å². The first kappa shape index (κ1) is 22.7. The summed E-state index contributed by atoms with van der Waals surface area (Å²) in [5.41, 5.74) is 2.35. The fraction of sp³-hybridized carbons (Fsp3) is 0.300. The van der Waals surface area contributed by atoms with Crippen LogP contribution in [0.2, 0.25) is 5.02 Å². The van der Waals surface area contributed by atoms with E-state index in [2.05, 4.69) is 5.32 Å². The summed E-state index contributed by atoms with van der Waals surface area (Å²) in [6, 6.07) is 8.51. The smallest absolute Gasteiger partial charge is 0.337 e. The first-order valence-electron chi connectivity index (χ1n) is 8.71. The molecule has 0 bridgehead atoms. The first-order chi connectivity index (χ1) is 13.5. The molecule has 0 aliphatic heterocycles. The molecule has 2 rings (SSSR count). The van der Waals surface area contributed by atoms with Gasteiger partial charge in [-0.15, -0.1) is 0 Å². The molecule has 2 aromatic carbocycles. The van der Waals surface area contributed by atoms with Crippen LogP contribution in [0.3, 0.4) is 0 Å². The SMILES string of the molecule is COC(=O)c1ccc(C)c(NC(=O)[C@@H](C)N(c2cc(Cl)ccc2C)S(C)(=O)=O)c1. The summed E-state index contributed by atoms with van der Waals surface area (Å²) in [6.45, 7) is 4.98. The number of rotatable bonds is 6. The van der Waals surface area contributed by atoms with E-state index in [-0.39, 0.29) is 5.56 Å². The van der Waals surface area contributed by atoms with Crippen LogP contribution in [0.4, 0.5) is 11.4 Å². The zero-order valence-corrected chi connectivity index (χ0v) is 18.4. The van der Waals surface area contributed by atoms with Crippen molar-refractivity contribution >= 4 is 44.9 Å². The highest BCUT2D eigenvalue weighted by atomic mass is 35.5. The van der Waals surface area contributed by atoms with Crippen molar-refractivity contribution in [2.75, 3.05) is 23.0 Å². The van der Waals surface area contributed by atoms with Gasteiger partial charge in [-0.2, -0.15) is 0 Å². The van der Waals surface area contributed by atoms with E-state index < -0.39 is 27.9 Å². The number of nitrogens with zero attached hydrogens (tertiary/aromatic N) is 1. The van der Waals surface area contributed by atoms with E-state index in [1.54, 1.807) is 38.1 Å². The quantitative estimate of drug-likeness (QED) is 0.696. The van der Waals surface area contributed by atoms with Crippen LogP contribution in [0, 0.1) is 13.8 Å². The summed E-state index contributed by atoms with van der Waals surface area (Å²) in [6.07, 6.45) is 1.03. The summed E-state index contributed by atoms with van der Waals surface area (Å²) >= 11 is 6.04. The van der Waals surface area contributed by atoms with Crippen molar-refractivity contribution in [2.24, 2.45) is 0 Å². The van der Waals surface area contributed by atoms with Gasteiger partial charge in [0.05, 0.1) is 24.6 Å². The van der Waals surface area contributed by atoms with Gasteiger partial charge < -0.3 is 10.1 Å². The van der Waals surface area contributed by atoms with E-state index in [9.17, 15) is 18.0 Å². The fourth-order valence-electron chi connectivity index (χ4n) is 2.84. The molecule has 1 amide bonds. The third-order valence-corrected chi connectivity index (χ3v) is 5.88. The third kappa shape index (κ3) is 5.27. The average Bonchev–Trinajstić information content (AvgIpc) is 2.64. The van der Waals surface area contributed by atoms with Crippen LogP contribution in [-0.4, -0.2) is 39.7 Å². The number of halogens is 1. The van der Waals surface area contributed by atoms with E-state index in [1.165, 1.54) is 26.2 Å². The van der Waals surface area contributed by atoms with Crippen LogP contribution in [0.15, 0.2) is 36.4 Å². The van der Waals surface area contributed by atoms with Crippen molar-refractivity contribution < 1.29 is 22.7 Å². The van der Waals surface area contributed by atoms with Gasteiger partial charge in [-0.25, -0.2) is 13.2 Å². The van der Waals surface area contributed by atoms with Gasteiger partial charge >= 0.3 is 5.97 Å². The summed E-state index contributed by atoms with van der Waals surface area (Å²) in [7, 11) is -2.53. The second-order valence-corrected chi connectivity index (χ2v) is 8.97. The minimum absolute atomic E-state index is 0.270. The second-order valence-electron chi connectivity index (χ2n) is 6.68. The number of hydrogen-bond donors (Lipinski definition) is 1. The Morgan fingerprint density at radius 1 is 1.10 bits per heavy atom. The molecule has 1 N–H and O–H groups in total. The zero-order chi connectivity index (χ0) is 21.9. The fourth-order valence-corrected chi connectivity index (χ4v) is 4.23. The van der Waals surface area contributed by atoms with E-state index >= 15 is 0 Å². The number of sulfonamides is 1. The number of carbonyl (C=O) groups is 2. The highest BCUT2D eigenvalue weighted by Crippen LogP contribution is 2.29. The van der Waals surface area contributed by atoms with E-state index in [0.29, 0.717) is 27.5 Å². The van der Waals surface area contributed by atoms with E-state index in [4.69, 9.17) is 16.3 Å². The Hall–Kier alpha value is -2.58. The maximum Gasteiger partial charge on any atom is 0.337 e. The molecule has 7 nitrogen and oxygen atoms in total. The molecular weight excluding hydrogens is 416 g/mol. The van der Waals surface area contributed by atoms with Gasteiger partial charge in [-0.3, -0.25) is 9.10 Å². The lowest BCUT2D eigenvalue weighted by Gasteiger charge is -2.29. The number of anilines is 2. The lowest BCUT2D eigenvalue weighted by atomic mass is 10.1. The molecule has 0 aromatic heterocycles. The largest absolute Gasteiger partial charge is 0.465 e. The Kier molecular flexibility index (Phi) is 6.92. The number of methoxy groups -OCH3 is 1. The van der Waals surface area contributed by atoms with Crippen molar-refractivity contribution in [2.45, 2.75) is 26.8 Å². The molecule has 9 heteroatoms. The Morgan fingerprint density at radius 3 is 2.31 bits per heavy atom. The molecule has 0 saturated carbocycles. The Bertz CT molecular complexity index is 1050. The number of nitrogens with one attached hydrogen (secondary N) is 1. The minimum atomic E-state index is -3.79. The summed E-state index contributed by atoms with van der Waals surface area (Å²) < 4.78 is 30.7. The van der Waals surface area contributed by atoms with Crippen molar-refractivity contribution in [1.82, 2.24) is 0 Å². The molecule has 0 heterocycles. The van der Waals surface area contributed by atoms with Crippen LogP contribution in [-0.2, 0) is 19.6 Å². The Labute approximate surface area is 175 Å². The van der Waals surface area contributed by atoms with Crippen LogP contribution >= 0.6 is 11.6 Å². The van der Waals surface area contributed by atoms with Crippen molar-refractivity contribution in [3.63, 3.8) is 0 Å². The highest BCUT2D eigenvalue weighted by molar-refractivity contribution is 7.92. The zero-order valence-electron chi connectivity index (χ0n) is 16.8. The van der Waals surface area contributed by atoms with Gasteiger partial charge in [-0.05, 0) is 56.2 Å². The van der Waals surface area contributed by atoms with Crippen LogP contribution in [0.25, 0.3) is 0 Å². The van der Waals surface area contributed by atoms with Crippen LogP contribution in [0.5, 0.6) is 0 Å². The molecule has 0 fully saturated rings. The molecule has 0 spiro atoms. The number of benzene rings is 2. The molecular formula is C20H23ClN2O5S. The minimum Gasteiger partial charge on any atom is -0.465 e. The molecule has 0 aliphatic rings. The Balaban J connectivity index is 2.41. The van der Waals surface area contributed by atoms with E-state index in [1.807, 2.05) is 0 Å². The number of carbonyl (C=O) groups excluding carboxylic acids is 2. The lowest BCUT2D eigenvalue weighted by molar-refractivity contribution is -0.116. The molecule has 156 valence electrons. The number of ether oxygens (including phenoxy) is 1. The monoisotopic (exact) mass is 438 g/mol. The summed E-state index contributed by atoms with van der Waals surface area (Å²) in [4.78, 5) is 24.7. The van der Waals surface area contributed by atoms with E-state index in [0.717, 1.165) is 10.6 Å². The van der Waals surface area contributed by atoms with Crippen molar-refractivity contribution in [3.8, 4) is 0 Å². The number of amides is 1. The van der Waals surface area contributed by atoms with Gasteiger partial charge in [0.1, 0.15) is 6.04 Å². The first-order valence-corrected chi connectivity index (χ1v) is 10.9. The molecule has 0 unspecified atom stereocenters. The number of esters is 1. The van der Waals surface area contributed by atoms with Gasteiger partial charge in [0, 0.05) is 10.7 Å². The molecule has 1 atom stereocenters. The molecule has 0 aliphatic carbocycles. The van der Waals surface area contributed by atoms with Gasteiger partial charge in [-0.1, -0.05) is 23.7 Å². The predicted molar refractivity (Wildman–Crippen MR) is 114 cm³/mol. The number of aryl methyl sites for hydroxylation is 2. The lowest BCUT2D eigenvalue weighted by Crippen LogP contribution is -2.45. The topological polar surface area (TPSA) is 92.8 Å². The second kappa shape index (κ2) is 8.84. The molecule has 0 radical (unpaired) electrons. The summed E-state index contributed by atoms with van der Waals surface area (Å²) in [5.74, 6) is -1.10. The maximum atomic E-state index is 12.9. The van der Waals surface area contributed by atoms with Crippen LogP contribution in [0.1, 0.15) is 28.4 Å². The normalized spacial score (nSPS) is 12.2. The third-order valence-electron chi connectivity index (χ3n) is 4.41.